The fourth-order valence-corrected chi connectivity index (χ4v) is 0.346. The van der Waals surface area contributed by atoms with Crippen LogP contribution in [0.2, 0.25) is 0 Å². The molecule has 0 amide bonds. The van der Waals surface area contributed by atoms with Crippen LogP contribution in [0.25, 0.3) is 0 Å². The Hall–Kier alpha value is -0.380. The minimum absolute atomic E-state index is 0.103. The first-order valence-electron chi connectivity index (χ1n) is 2.44. The number of hydrogen-bond donors (Lipinski definition) is 3. The van der Waals surface area contributed by atoms with E-state index in [1.807, 2.05) is 0 Å². The third-order valence-corrected chi connectivity index (χ3v) is 0.813. The molecule has 0 rings (SSSR count). The molecule has 0 aromatic heterocycles. The highest BCUT2D eigenvalue weighted by atomic mass is 16.3. The highest BCUT2D eigenvalue weighted by molar-refractivity contribution is 5.02. The van der Waals surface area contributed by atoms with E-state index in [0.29, 0.717) is 12.1 Å². The highest BCUT2D eigenvalue weighted by Crippen LogP contribution is 1.86. The lowest BCUT2D eigenvalue weighted by molar-refractivity contribution is 0.276. The van der Waals surface area contributed by atoms with Crippen LogP contribution >= 0.6 is 0 Å². The van der Waals surface area contributed by atoms with E-state index in [1.54, 1.807) is 6.08 Å². The Morgan fingerprint density at radius 3 is 2.00 bits per heavy atom. The molecule has 3 heteroatoms. The van der Waals surface area contributed by atoms with Crippen molar-refractivity contribution in [3.63, 3.8) is 0 Å². The second-order valence-corrected chi connectivity index (χ2v) is 1.41. The molecule has 4 N–H and O–H groups in total. The van der Waals surface area contributed by atoms with Gasteiger partial charge in [-0.15, -0.1) is 0 Å². The summed E-state index contributed by atoms with van der Waals surface area (Å²) in [7, 11) is 0. The number of aliphatic hydroxyl groups excluding tert-OH is 2. The van der Waals surface area contributed by atoms with Crippen LogP contribution in [0.4, 0.5) is 0 Å². The van der Waals surface area contributed by atoms with Crippen LogP contribution in [0.15, 0.2) is 11.6 Å². The van der Waals surface area contributed by atoms with Gasteiger partial charge in [-0.3, -0.25) is 0 Å². The number of nitrogens with two attached hydrogens (primary N) is 1. The molecular formula is C5H11NO2. The second kappa shape index (κ2) is 4.77. The number of aliphatic hydroxyl groups is 2. The smallest absolute Gasteiger partial charge is 0.0664 e. The molecule has 0 spiro atoms. The first-order valence-corrected chi connectivity index (χ1v) is 2.44. The van der Waals surface area contributed by atoms with Crippen LogP contribution < -0.4 is 5.73 Å². The Morgan fingerprint density at radius 1 is 1.38 bits per heavy atom. The summed E-state index contributed by atoms with van der Waals surface area (Å²) >= 11 is 0. The summed E-state index contributed by atoms with van der Waals surface area (Å²) in [4.78, 5) is 0. The summed E-state index contributed by atoms with van der Waals surface area (Å²) in [6, 6.07) is 0. The van der Waals surface area contributed by atoms with Gasteiger partial charge in [0.2, 0.25) is 0 Å². The van der Waals surface area contributed by atoms with Crippen molar-refractivity contribution in [3.05, 3.63) is 11.6 Å². The second-order valence-electron chi connectivity index (χ2n) is 1.41. The zero-order chi connectivity index (χ0) is 6.41. The van der Waals surface area contributed by atoms with Gasteiger partial charge < -0.3 is 15.9 Å². The normalized spacial score (nSPS) is 8.88. The minimum atomic E-state index is -0.103. The Bertz CT molecular complexity index is 74.5. The standard InChI is InChI=1S/C5H11NO2/c6-2-1-5(3-7)4-8/h1,7-8H,2-4,6H2. The molecule has 0 saturated carbocycles. The fourth-order valence-electron chi connectivity index (χ4n) is 0.346. The summed E-state index contributed by atoms with van der Waals surface area (Å²) in [5.74, 6) is 0. The van der Waals surface area contributed by atoms with E-state index in [2.05, 4.69) is 0 Å². The van der Waals surface area contributed by atoms with Gasteiger partial charge in [0.1, 0.15) is 0 Å². The van der Waals surface area contributed by atoms with Crippen molar-refractivity contribution in [2.24, 2.45) is 5.73 Å². The molecule has 0 unspecified atom stereocenters. The minimum Gasteiger partial charge on any atom is -0.392 e. The summed E-state index contributed by atoms with van der Waals surface area (Å²) in [6.45, 7) is 0.165. The SMILES string of the molecule is NCC=C(CO)CO. The predicted molar refractivity (Wildman–Crippen MR) is 31.3 cm³/mol. The monoisotopic (exact) mass is 117 g/mol. The van der Waals surface area contributed by atoms with Crippen molar-refractivity contribution in [1.29, 1.82) is 0 Å². The quantitative estimate of drug-likeness (QED) is 0.409. The van der Waals surface area contributed by atoms with E-state index >= 15 is 0 Å². The average Bonchev–Trinajstić information content (AvgIpc) is 1.83. The average molecular weight is 117 g/mol. The Kier molecular flexibility index (Phi) is 4.54. The van der Waals surface area contributed by atoms with Crippen molar-refractivity contribution in [2.75, 3.05) is 19.8 Å². The maximum absolute atomic E-state index is 8.37. The summed E-state index contributed by atoms with van der Waals surface area (Å²) < 4.78 is 0. The molecule has 0 atom stereocenters. The van der Waals surface area contributed by atoms with Crippen LogP contribution in [-0.2, 0) is 0 Å². The lowest BCUT2D eigenvalue weighted by Gasteiger charge is -1.94. The first-order chi connectivity index (χ1) is 3.85. The summed E-state index contributed by atoms with van der Waals surface area (Å²) in [5, 5.41) is 16.7. The molecular weight excluding hydrogens is 106 g/mol. The zero-order valence-corrected chi connectivity index (χ0v) is 4.67. The molecule has 0 aromatic carbocycles. The molecule has 0 aliphatic rings. The maximum Gasteiger partial charge on any atom is 0.0664 e. The van der Waals surface area contributed by atoms with Gasteiger partial charge in [-0.25, -0.2) is 0 Å². The van der Waals surface area contributed by atoms with Crippen molar-refractivity contribution in [1.82, 2.24) is 0 Å². The molecule has 0 fully saturated rings. The van der Waals surface area contributed by atoms with Gasteiger partial charge in [0.05, 0.1) is 13.2 Å². The molecule has 0 aromatic rings. The topological polar surface area (TPSA) is 66.5 Å². The summed E-state index contributed by atoms with van der Waals surface area (Å²) in [5.41, 5.74) is 5.66. The van der Waals surface area contributed by atoms with Gasteiger partial charge in [-0.1, -0.05) is 6.08 Å². The zero-order valence-electron chi connectivity index (χ0n) is 4.67. The van der Waals surface area contributed by atoms with Gasteiger partial charge in [0.15, 0.2) is 0 Å². The molecule has 0 aliphatic carbocycles. The fraction of sp³-hybridized carbons (Fsp3) is 0.600. The number of rotatable bonds is 3. The Morgan fingerprint density at radius 2 is 1.88 bits per heavy atom. The van der Waals surface area contributed by atoms with Crippen LogP contribution in [0.5, 0.6) is 0 Å². The number of hydrogen-bond acceptors (Lipinski definition) is 3. The van der Waals surface area contributed by atoms with Crippen molar-refractivity contribution >= 4 is 0 Å². The largest absolute Gasteiger partial charge is 0.392 e. The predicted octanol–water partition coefficient (Wildman–Crippen LogP) is -1.14. The lowest BCUT2D eigenvalue weighted by atomic mass is 10.3. The van der Waals surface area contributed by atoms with Crippen molar-refractivity contribution in [3.8, 4) is 0 Å². The van der Waals surface area contributed by atoms with Crippen LogP contribution in [-0.4, -0.2) is 30.0 Å². The first kappa shape index (κ1) is 7.62. The van der Waals surface area contributed by atoms with Gasteiger partial charge in [-0.05, 0) is 5.57 Å². The lowest BCUT2D eigenvalue weighted by Crippen LogP contribution is -2.01. The molecule has 3 nitrogen and oxygen atoms in total. The van der Waals surface area contributed by atoms with Crippen LogP contribution in [0.3, 0.4) is 0 Å². The Balaban J connectivity index is 3.49. The molecule has 0 saturated heterocycles. The molecule has 0 bridgehead atoms. The Labute approximate surface area is 48.4 Å². The van der Waals surface area contributed by atoms with E-state index in [1.165, 1.54) is 0 Å². The van der Waals surface area contributed by atoms with Crippen molar-refractivity contribution in [2.45, 2.75) is 0 Å². The molecule has 8 heavy (non-hydrogen) atoms. The van der Waals surface area contributed by atoms with E-state index in [4.69, 9.17) is 15.9 Å². The van der Waals surface area contributed by atoms with Crippen LogP contribution in [0, 0.1) is 0 Å². The van der Waals surface area contributed by atoms with Crippen molar-refractivity contribution < 1.29 is 10.2 Å². The van der Waals surface area contributed by atoms with E-state index in [0.717, 1.165) is 0 Å². The van der Waals surface area contributed by atoms with E-state index < -0.39 is 0 Å². The van der Waals surface area contributed by atoms with Gasteiger partial charge in [0, 0.05) is 6.54 Å². The van der Waals surface area contributed by atoms with Gasteiger partial charge in [0.25, 0.3) is 0 Å². The third kappa shape index (κ3) is 2.74. The highest BCUT2D eigenvalue weighted by Gasteiger charge is 1.87. The maximum atomic E-state index is 8.37. The summed E-state index contributed by atoms with van der Waals surface area (Å²) in [6.07, 6.45) is 1.60. The molecule has 0 heterocycles. The van der Waals surface area contributed by atoms with E-state index in [-0.39, 0.29) is 13.2 Å². The molecule has 0 aliphatic heterocycles. The van der Waals surface area contributed by atoms with Gasteiger partial charge in [-0.2, -0.15) is 0 Å². The van der Waals surface area contributed by atoms with Gasteiger partial charge >= 0.3 is 0 Å². The molecule has 48 valence electrons. The van der Waals surface area contributed by atoms with Crippen LogP contribution in [0.1, 0.15) is 0 Å². The third-order valence-electron chi connectivity index (χ3n) is 0.813. The van der Waals surface area contributed by atoms with E-state index in [9.17, 15) is 0 Å². The molecule has 0 radical (unpaired) electrons.